The summed E-state index contributed by atoms with van der Waals surface area (Å²) in [7, 11) is 2.10. The Morgan fingerprint density at radius 1 is 0.698 bits per heavy atom. The van der Waals surface area contributed by atoms with Gasteiger partial charge in [0, 0.05) is 50.0 Å². The van der Waals surface area contributed by atoms with Gasteiger partial charge in [-0.2, -0.15) is 0 Å². The largest absolute Gasteiger partial charge is 0.508 e. The molecule has 0 aromatic heterocycles. The van der Waals surface area contributed by atoms with Gasteiger partial charge in [0.25, 0.3) is 0 Å². The molecule has 2 unspecified atom stereocenters. The second-order valence-corrected chi connectivity index (χ2v) is 19.8. The van der Waals surface area contributed by atoms with E-state index >= 15 is 0 Å². The molecule has 1 rings (SSSR count). The molecule has 0 saturated carbocycles. The molecule has 10 nitrogen and oxygen atoms in total. The molecular weight excluding hydrogens is 795 g/mol. The van der Waals surface area contributed by atoms with Crippen LogP contribution in [0.15, 0.2) is 24.3 Å². The Morgan fingerprint density at radius 3 is 1.71 bits per heavy atom. The maximum atomic E-state index is 13.6. The number of ether oxygens (including phenoxy) is 5. The highest BCUT2D eigenvalue weighted by molar-refractivity contribution is 5.82. The second-order valence-electron chi connectivity index (χ2n) is 19.8. The number of likely N-dealkylation sites (tertiary alicyclic amines) is 1. The van der Waals surface area contributed by atoms with Crippen LogP contribution < -0.4 is 0 Å². The van der Waals surface area contributed by atoms with Crippen molar-refractivity contribution in [1.29, 1.82) is 0 Å². The van der Waals surface area contributed by atoms with Gasteiger partial charge >= 0.3 is 18.1 Å². The summed E-state index contributed by atoms with van der Waals surface area (Å²) in [5.74, 6) is -2.17. The summed E-state index contributed by atoms with van der Waals surface area (Å²) in [6.45, 7) is 18.1. The van der Waals surface area contributed by atoms with E-state index in [-0.39, 0.29) is 49.5 Å². The zero-order chi connectivity index (χ0) is 46.8. The lowest BCUT2D eigenvalue weighted by Crippen LogP contribution is -2.60. The van der Waals surface area contributed by atoms with Crippen molar-refractivity contribution >= 4 is 18.1 Å². The van der Waals surface area contributed by atoms with Crippen LogP contribution in [0.1, 0.15) is 235 Å². The van der Waals surface area contributed by atoms with Gasteiger partial charge in [-0.3, -0.25) is 9.69 Å². The van der Waals surface area contributed by atoms with Crippen molar-refractivity contribution in [1.82, 2.24) is 4.90 Å². The van der Waals surface area contributed by atoms with E-state index in [1.54, 1.807) is 0 Å². The zero-order valence-electron chi connectivity index (χ0n) is 42.1. The average Bonchev–Trinajstić information content (AvgIpc) is 3.22. The maximum Gasteiger partial charge on any atom is 0.508 e. The Labute approximate surface area is 386 Å². The van der Waals surface area contributed by atoms with E-state index in [2.05, 4.69) is 84.7 Å². The molecule has 368 valence electrons. The van der Waals surface area contributed by atoms with Crippen molar-refractivity contribution < 1.29 is 43.2 Å². The molecule has 0 bridgehead atoms. The van der Waals surface area contributed by atoms with Crippen LogP contribution in [0, 0.1) is 5.92 Å². The van der Waals surface area contributed by atoms with E-state index < -0.39 is 35.9 Å². The van der Waals surface area contributed by atoms with Crippen LogP contribution in [0.3, 0.4) is 0 Å². The first kappa shape index (κ1) is 58.6. The zero-order valence-corrected chi connectivity index (χ0v) is 42.1. The Bertz CT molecular complexity index is 1210. The first-order chi connectivity index (χ1) is 30.1. The van der Waals surface area contributed by atoms with Crippen LogP contribution in [-0.2, 0) is 33.3 Å². The molecule has 1 saturated heterocycles. The van der Waals surface area contributed by atoms with E-state index in [1.165, 1.54) is 70.6 Å². The molecule has 0 amide bonds. The van der Waals surface area contributed by atoms with E-state index in [0.29, 0.717) is 32.5 Å². The van der Waals surface area contributed by atoms with E-state index in [1.807, 2.05) is 6.92 Å². The van der Waals surface area contributed by atoms with Crippen molar-refractivity contribution in [3.05, 3.63) is 24.3 Å². The third kappa shape index (κ3) is 27.6. The number of nitrogens with zero attached hydrogens (tertiary/aromatic N) is 1. The molecule has 1 heterocycles. The second kappa shape index (κ2) is 34.9. The predicted octanol–water partition coefficient (Wildman–Crippen LogP) is 14.5. The third-order valence-corrected chi connectivity index (χ3v) is 12.9. The Balaban J connectivity index is 2.94. The van der Waals surface area contributed by atoms with Crippen LogP contribution in [0.4, 0.5) is 4.79 Å². The fourth-order valence-corrected chi connectivity index (χ4v) is 8.76. The number of hydrogen-bond donors (Lipinski definition) is 1. The summed E-state index contributed by atoms with van der Waals surface area (Å²) >= 11 is 0. The first-order valence-corrected chi connectivity index (χ1v) is 25.7. The van der Waals surface area contributed by atoms with Gasteiger partial charge in [0.05, 0.1) is 13.0 Å². The molecule has 2 atom stereocenters. The average molecular weight is 892 g/mol. The number of esters is 1. The topological polar surface area (TPSA) is 121 Å². The Hall–Kier alpha value is -2.43. The van der Waals surface area contributed by atoms with E-state index in [9.17, 15) is 19.5 Å². The molecule has 0 aliphatic carbocycles. The fraction of sp³-hybridized carbons (Fsp3) is 0.868. The minimum Gasteiger partial charge on any atom is -0.478 e. The number of carbonyl (C=O) groups is 3. The fourth-order valence-electron chi connectivity index (χ4n) is 8.76. The molecule has 1 N–H and O–H groups in total. The lowest BCUT2D eigenvalue weighted by atomic mass is 9.79. The van der Waals surface area contributed by atoms with Gasteiger partial charge < -0.3 is 28.8 Å². The number of rotatable bonds is 39. The molecule has 10 heteroatoms. The minimum atomic E-state index is -1.76. The van der Waals surface area contributed by atoms with Gasteiger partial charge in [-0.1, -0.05) is 142 Å². The van der Waals surface area contributed by atoms with Crippen LogP contribution in [0.2, 0.25) is 0 Å². The molecule has 0 radical (unpaired) electrons. The van der Waals surface area contributed by atoms with E-state index in [4.69, 9.17) is 23.7 Å². The number of unbranched alkanes of at least 4 members (excludes halogenated alkanes) is 17. The number of aliphatic carboxylic acids is 1. The van der Waals surface area contributed by atoms with Gasteiger partial charge in [0.1, 0.15) is 6.10 Å². The predicted molar refractivity (Wildman–Crippen MR) is 258 cm³/mol. The molecule has 0 aromatic carbocycles. The number of allylic oxidation sites excluding steroid dienone is 4. The van der Waals surface area contributed by atoms with Gasteiger partial charge in [0.15, 0.2) is 6.29 Å². The lowest BCUT2D eigenvalue weighted by Gasteiger charge is -2.53. The number of piperidine rings is 1. The molecule has 0 spiro atoms. The van der Waals surface area contributed by atoms with Gasteiger partial charge in [-0.25, -0.2) is 9.59 Å². The van der Waals surface area contributed by atoms with E-state index in [0.717, 1.165) is 64.2 Å². The van der Waals surface area contributed by atoms with Gasteiger partial charge in [-0.15, -0.1) is 0 Å². The van der Waals surface area contributed by atoms with Crippen LogP contribution in [0.5, 0.6) is 0 Å². The molecular formula is C53H97NO9. The highest BCUT2D eigenvalue weighted by Gasteiger charge is 2.45. The maximum absolute atomic E-state index is 13.6. The van der Waals surface area contributed by atoms with Crippen LogP contribution in [-0.4, -0.2) is 84.0 Å². The molecule has 1 aliphatic heterocycles. The standard InChI is InChI=1S/C53H97NO9/c1-10-13-16-19-22-23-24-25-26-27-28-29-30-33-38-53(49(56)57,41-45(4)44-61-50(58)62-46-42-51(5,6)54(9)52(7,8)43-46)63-47(55)36-37-48(59-39-34-31-20-17-14-11-2)60-40-35-32-21-18-15-12-3/h22-23,25-26,45-46,48H,10-21,24,27-44H2,1-9H3,(H,56,57). The van der Waals surface area contributed by atoms with Crippen LogP contribution in [0.25, 0.3) is 0 Å². The monoisotopic (exact) mass is 892 g/mol. The molecule has 1 aliphatic rings. The highest BCUT2D eigenvalue weighted by Crippen LogP contribution is 2.38. The summed E-state index contributed by atoms with van der Waals surface area (Å²) in [4.78, 5) is 42.2. The molecule has 1 fully saturated rings. The van der Waals surface area contributed by atoms with Gasteiger partial charge in [0.2, 0.25) is 5.60 Å². The number of carboxylic acid groups (broad SMARTS) is 1. The number of hydrogen-bond acceptors (Lipinski definition) is 9. The Morgan fingerprint density at radius 2 is 1.17 bits per heavy atom. The third-order valence-electron chi connectivity index (χ3n) is 12.9. The van der Waals surface area contributed by atoms with Crippen molar-refractivity contribution in [2.75, 3.05) is 26.9 Å². The molecule has 63 heavy (non-hydrogen) atoms. The number of carboxylic acids is 1. The quantitative estimate of drug-likeness (QED) is 0.0276. The SMILES string of the molecule is CCCCCC=CCC=CCCCCCCC(CC(C)COC(=O)OC1CC(C)(C)N(C)C(C)(C)C1)(OC(=O)CCC(OCCCCCCCC)OCCCCCCCC)C(=O)O. The van der Waals surface area contributed by atoms with Crippen molar-refractivity contribution in [2.45, 2.75) is 264 Å². The van der Waals surface area contributed by atoms with Crippen molar-refractivity contribution in [2.24, 2.45) is 5.92 Å². The van der Waals surface area contributed by atoms with Gasteiger partial charge in [-0.05, 0) is 98.4 Å². The summed E-state index contributed by atoms with van der Waals surface area (Å²) in [5.41, 5.74) is -2.08. The minimum absolute atomic E-state index is 0.0107. The normalized spacial score (nSPS) is 17.0. The summed E-state index contributed by atoms with van der Waals surface area (Å²) in [6.07, 6.45) is 33.1. The highest BCUT2D eigenvalue weighted by atomic mass is 16.7. The lowest BCUT2D eigenvalue weighted by molar-refractivity contribution is -0.185. The number of carbonyl (C=O) groups excluding carboxylic acids is 2. The summed E-state index contributed by atoms with van der Waals surface area (Å²) < 4.78 is 29.8. The first-order valence-electron chi connectivity index (χ1n) is 25.7. The smallest absolute Gasteiger partial charge is 0.478 e. The summed E-state index contributed by atoms with van der Waals surface area (Å²) in [6, 6.07) is 0. The van der Waals surface area contributed by atoms with Crippen molar-refractivity contribution in [3.63, 3.8) is 0 Å². The van der Waals surface area contributed by atoms with Crippen molar-refractivity contribution in [3.8, 4) is 0 Å². The summed E-state index contributed by atoms with van der Waals surface area (Å²) in [5, 5.41) is 10.8. The molecule has 0 aromatic rings. The Kier molecular flexibility index (Phi) is 32.4. The van der Waals surface area contributed by atoms with Crippen LogP contribution >= 0.6 is 0 Å².